The molecule has 2 heterocycles. The number of nitrogens with one attached hydrogen (secondary N) is 1. The fourth-order valence-corrected chi connectivity index (χ4v) is 2.30. The highest BCUT2D eigenvalue weighted by Crippen LogP contribution is 2.13. The molecule has 0 saturated heterocycles. The highest BCUT2D eigenvalue weighted by molar-refractivity contribution is 5.92. The first-order chi connectivity index (χ1) is 11.1. The molecule has 0 spiro atoms. The number of hydrogen-bond acceptors (Lipinski definition) is 3. The summed E-state index contributed by atoms with van der Waals surface area (Å²) in [6.07, 6.45) is 1.71. The molecule has 23 heavy (non-hydrogen) atoms. The predicted molar refractivity (Wildman–Crippen MR) is 88.4 cm³/mol. The zero-order chi connectivity index (χ0) is 16.2. The van der Waals surface area contributed by atoms with Crippen molar-refractivity contribution in [3.8, 4) is 5.69 Å². The first-order valence-electron chi connectivity index (χ1n) is 7.45. The SMILES string of the molecule is Cc1ccc(-n2nc(C(=O)NCc3ccccn3)cc2C)cc1. The topological polar surface area (TPSA) is 59.8 Å². The Bertz CT molecular complexity index is 807. The van der Waals surface area contributed by atoms with Crippen LogP contribution in [0.1, 0.15) is 27.4 Å². The standard InChI is InChI=1S/C18H18N4O/c1-13-6-8-16(9-7-13)22-14(2)11-17(21-22)18(23)20-12-15-5-3-4-10-19-15/h3-11H,12H2,1-2H3,(H,20,23). The van der Waals surface area contributed by atoms with Crippen LogP contribution in [-0.2, 0) is 6.54 Å². The van der Waals surface area contributed by atoms with Crippen LogP contribution in [0.15, 0.2) is 54.7 Å². The lowest BCUT2D eigenvalue weighted by molar-refractivity contribution is 0.0945. The molecule has 0 atom stereocenters. The third-order valence-corrected chi connectivity index (χ3v) is 3.55. The molecule has 0 unspecified atom stereocenters. The maximum atomic E-state index is 12.3. The van der Waals surface area contributed by atoms with Crippen molar-refractivity contribution >= 4 is 5.91 Å². The summed E-state index contributed by atoms with van der Waals surface area (Å²) in [6, 6.07) is 15.4. The molecule has 2 aromatic heterocycles. The average molecular weight is 306 g/mol. The largest absolute Gasteiger partial charge is 0.345 e. The van der Waals surface area contributed by atoms with Crippen LogP contribution in [-0.4, -0.2) is 20.7 Å². The minimum Gasteiger partial charge on any atom is -0.345 e. The van der Waals surface area contributed by atoms with E-state index < -0.39 is 0 Å². The number of benzene rings is 1. The quantitative estimate of drug-likeness (QED) is 0.806. The minimum atomic E-state index is -0.204. The molecule has 0 aliphatic rings. The van der Waals surface area contributed by atoms with Crippen molar-refractivity contribution < 1.29 is 4.79 Å². The van der Waals surface area contributed by atoms with E-state index in [9.17, 15) is 4.79 Å². The van der Waals surface area contributed by atoms with Gasteiger partial charge in [-0.1, -0.05) is 23.8 Å². The van der Waals surface area contributed by atoms with E-state index in [-0.39, 0.29) is 5.91 Å². The second kappa shape index (κ2) is 6.44. The molecule has 0 aliphatic carbocycles. The minimum absolute atomic E-state index is 0.204. The Balaban J connectivity index is 1.75. The molecule has 3 aromatic rings. The van der Waals surface area contributed by atoms with Gasteiger partial charge in [0.15, 0.2) is 5.69 Å². The summed E-state index contributed by atoms with van der Waals surface area (Å²) in [7, 11) is 0. The van der Waals surface area contributed by atoms with Crippen LogP contribution in [0.5, 0.6) is 0 Å². The Kier molecular flexibility index (Phi) is 4.19. The van der Waals surface area contributed by atoms with E-state index in [4.69, 9.17) is 0 Å². The summed E-state index contributed by atoms with van der Waals surface area (Å²) in [4.78, 5) is 16.4. The van der Waals surface area contributed by atoms with Crippen LogP contribution >= 0.6 is 0 Å². The monoisotopic (exact) mass is 306 g/mol. The fourth-order valence-electron chi connectivity index (χ4n) is 2.30. The van der Waals surface area contributed by atoms with Gasteiger partial charge < -0.3 is 5.32 Å². The first-order valence-corrected chi connectivity index (χ1v) is 7.45. The van der Waals surface area contributed by atoms with Crippen molar-refractivity contribution in [2.45, 2.75) is 20.4 Å². The van der Waals surface area contributed by atoms with Crippen molar-refractivity contribution in [1.29, 1.82) is 0 Å². The number of amides is 1. The fraction of sp³-hybridized carbons (Fsp3) is 0.167. The van der Waals surface area contributed by atoms with Crippen LogP contribution in [0.3, 0.4) is 0 Å². The summed E-state index contributed by atoms with van der Waals surface area (Å²) in [5, 5.41) is 7.25. The zero-order valence-electron chi connectivity index (χ0n) is 13.2. The van der Waals surface area contributed by atoms with Gasteiger partial charge in [0.05, 0.1) is 17.9 Å². The summed E-state index contributed by atoms with van der Waals surface area (Å²) < 4.78 is 1.77. The Labute approximate surface area is 135 Å². The predicted octanol–water partition coefficient (Wildman–Crippen LogP) is 2.81. The Hall–Kier alpha value is -2.95. The van der Waals surface area contributed by atoms with Gasteiger partial charge in [0.2, 0.25) is 0 Å². The molecule has 5 nitrogen and oxygen atoms in total. The second-order valence-electron chi connectivity index (χ2n) is 5.42. The van der Waals surface area contributed by atoms with E-state index in [1.807, 2.05) is 56.3 Å². The molecule has 1 aromatic carbocycles. The number of nitrogens with zero attached hydrogens (tertiary/aromatic N) is 3. The lowest BCUT2D eigenvalue weighted by Gasteiger charge is -2.04. The maximum absolute atomic E-state index is 12.3. The third-order valence-electron chi connectivity index (χ3n) is 3.55. The van der Waals surface area contributed by atoms with Crippen LogP contribution in [0, 0.1) is 13.8 Å². The zero-order valence-corrected chi connectivity index (χ0v) is 13.2. The molecule has 116 valence electrons. The number of aryl methyl sites for hydroxylation is 2. The highest BCUT2D eigenvalue weighted by Gasteiger charge is 2.13. The van der Waals surface area contributed by atoms with Crippen LogP contribution in [0.25, 0.3) is 5.69 Å². The number of carbonyl (C=O) groups excluding carboxylic acids is 1. The Morgan fingerprint density at radius 1 is 1.13 bits per heavy atom. The van der Waals surface area contributed by atoms with E-state index in [2.05, 4.69) is 15.4 Å². The number of hydrogen-bond donors (Lipinski definition) is 1. The Morgan fingerprint density at radius 3 is 2.61 bits per heavy atom. The summed E-state index contributed by atoms with van der Waals surface area (Å²) in [5.74, 6) is -0.204. The van der Waals surface area contributed by atoms with Gasteiger partial charge in [0.25, 0.3) is 5.91 Å². The molecular weight excluding hydrogens is 288 g/mol. The molecule has 0 aliphatic heterocycles. The van der Waals surface area contributed by atoms with E-state index in [1.165, 1.54) is 5.56 Å². The van der Waals surface area contributed by atoms with Crippen molar-refractivity contribution in [2.24, 2.45) is 0 Å². The molecule has 0 bridgehead atoms. The van der Waals surface area contributed by atoms with Gasteiger partial charge in [0.1, 0.15) is 0 Å². The van der Waals surface area contributed by atoms with Crippen molar-refractivity contribution in [3.63, 3.8) is 0 Å². The molecule has 0 fully saturated rings. The van der Waals surface area contributed by atoms with Gasteiger partial charge in [-0.05, 0) is 44.2 Å². The van der Waals surface area contributed by atoms with Crippen LogP contribution in [0.4, 0.5) is 0 Å². The number of pyridine rings is 1. The Morgan fingerprint density at radius 2 is 1.91 bits per heavy atom. The first kappa shape index (κ1) is 15.0. The maximum Gasteiger partial charge on any atom is 0.272 e. The molecule has 0 saturated carbocycles. The van der Waals surface area contributed by atoms with Gasteiger partial charge >= 0.3 is 0 Å². The number of carbonyl (C=O) groups is 1. The summed E-state index contributed by atoms with van der Waals surface area (Å²) >= 11 is 0. The molecule has 0 radical (unpaired) electrons. The lowest BCUT2D eigenvalue weighted by atomic mass is 10.2. The second-order valence-corrected chi connectivity index (χ2v) is 5.42. The third kappa shape index (κ3) is 3.45. The summed E-state index contributed by atoms with van der Waals surface area (Å²) in [5.41, 5.74) is 4.26. The summed E-state index contributed by atoms with van der Waals surface area (Å²) in [6.45, 7) is 4.36. The molecule has 1 N–H and O–H groups in total. The highest BCUT2D eigenvalue weighted by atomic mass is 16.1. The van der Waals surface area contributed by atoms with Gasteiger partial charge in [-0.2, -0.15) is 5.10 Å². The van der Waals surface area contributed by atoms with Crippen molar-refractivity contribution in [3.05, 3.63) is 77.4 Å². The van der Waals surface area contributed by atoms with E-state index in [0.29, 0.717) is 12.2 Å². The number of rotatable bonds is 4. The van der Waals surface area contributed by atoms with Crippen molar-refractivity contribution in [2.75, 3.05) is 0 Å². The van der Waals surface area contributed by atoms with E-state index >= 15 is 0 Å². The van der Waals surface area contributed by atoms with E-state index in [0.717, 1.165) is 17.1 Å². The smallest absolute Gasteiger partial charge is 0.272 e. The van der Waals surface area contributed by atoms with Crippen molar-refractivity contribution in [1.82, 2.24) is 20.1 Å². The van der Waals surface area contributed by atoms with Gasteiger partial charge in [0, 0.05) is 11.9 Å². The van der Waals surface area contributed by atoms with Crippen LogP contribution in [0.2, 0.25) is 0 Å². The molecule has 5 heteroatoms. The molecule has 3 rings (SSSR count). The van der Waals surface area contributed by atoms with Crippen LogP contribution < -0.4 is 5.32 Å². The van der Waals surface area contributed by atoms with Gasteiger partial charge in [-0.25, -0.2) is 4.68 Å². The van der Waals surface area contributed by atoms with Gasteiger partial charge in [-0.3, -0.25) is 9.78 Å². The molecule has 1 amide bonds. The van der Waals surface area contributed by atoms with Gasteiger partial charge in [-0.15, -0.1) is 0 Å². The molecular formula is C18H18N4O. The van der Waals surface area contributed by atoms with E-state index in [1.54, 1.807) is 16.9 Å². The lowest BCUT2D eigenvalue weighted by Crippen LogP contribution is -2.23. The normalized spacial score (nSPS) is 10.5. The number of aromatic nitrogens is 3. The average Bonchev–Trinajstić information content (AvgIpc) is 2.96.